The van der Waals surface area contributed by atoms with Crippen LogP contribution in [0.5, 0.6) is 0 Å². The average molecular weight is 253 g/mol. The first kappa shape index (κ1) is 13.8. The van der Waals surface area contributed by atoms with Crippen molar-refractivity contribution < 1.29 is 0 Å². The van der Waals surface area contributed by atoms with Gasteiger partial charge < -0.3 is 0 Å². The Morgan fingerprint density at radius 3 is 2.37 bits per heavy atom. The Kier molecular flexibility index (Phi) is 5.61. The number of hydrogen-bond acceptors (Lipinski definition) is 1. The Balaban J connectivity index is 1.84. The van der Waals surface area contributed by atoms with E-state index >= 15 is 0 Å². The van der Waals surface area contributed by atoms with Gasteiger partial charge in [-0.3, -0.25) is 4.98 Å². The van der Waals surface area contributed by atoms with Crippen molar-refractivity contribution in [3.8, 4) is 0 Å². The molecule has 2 aromatic rings. The lowest BCUT2D eigenvalue weighted by atomic mass is 10.1. The molecule has 1 heteroatoms. The van der Waals surface area contributed by atoms with E-state index in [0.29, 0.717) is 0 Å². The molecule has 0 amide bonds. The predicted molar refractivity (Wildman–Crippen MR) is 81.3 cm³/mol. The van der Waals surface area contributed by atoms with E-state index in [1.165, 1.54) is 42.5 Å². The Morgan fingerprint density at radius 1 is 0.842 bits per heavy atom. The van der Waals surface area contributed by atoms with E-state index in [1.807, 2.05) is 6.20 Å². The zero-order valence-corrected chi connectivity index (χ0v) is 11.8. The van der Waals surface area contributed by atoms with Crippen molar-refractivity contribution in [1.29, 1.82) is 0 Å². The molecule has 0 unspecified atom stereocenters. The summed E-state index contributed by atoms with van der Waals surface area (Å²) in [5.41, 5.74) is 3.87. The average Bonchev–Trinajstić information content (AvgIpc) is 2.46. The minimum atomic E-state index is 0.976. The number of pyridine rings is 1. The van der Waals surface area contributed by atoms with Crippen LogP contribution in [0.1, 0.15) is 49.4 Å². The van der Waals surface area contributed by atoms with Gasteiger partial charge in [-0.05, 0) is 36.5 Å². The molecule has 0 aliphatic carbocycles. The second kappa shape index (κ2) is 7.73. The van der Waals surface area contributed by atoms with E-state index in [9.17, 15) is 0 Å². The van der Waals surface area contributed by atoms with Crippen LogP contribution in [0.15, 0.2) is 48.7 Å². The van der Waals surface area contributed by atoms with Gasteiger partial charge in [0.1, 0.15) is 0 Å². The van der Waals surface area contributed by atoms with E-state index in [0.717, 1.165) is 12.8 Å². The number of nitrogens with zero attached hydrogens (tertiary/aromatic N) is 1. The zero-order valence-electron chi connectivity index (χ0n) is 11.8. The van der Waals surface area contributed by atoms with Crippen LogP contribution in [0.2, 0.25) is 0 Å². The van der Waals surface area contributed by atoms with Gasteiger partial charge >= 0.3 is 0 Å². The normalized spacial score (nSPS) is 10.6. The second-order valence-electron chi connectivity index (χ2n) is 5.13. The maximum Gasteiger partial charge on any atom is 0.0403 e. The third-order valence-electron chi connectivity index (χ3n) is 3.42. The van der Waals surface area contributed by atoms with Gasteiger partial charge in [0.2, 0.25) is 0 Å². The summed E-state index contributed by atoms with van der Waals surface area (Å²) in [6.07, 6.45) is 9.34. The van der Waals surface area contributed by atoms with E-state index in [4.69, 9.17) is 0 Å². The van der Waals surface area contributed by atoms with Crippen LogP contribution in [0.25, 0.3) is 0 Å². The third-order valence-corrected chi connectivity index (χ3v) is 3.42. The van der Waals surface area contributed by atoms with Crippen molar-refractivity contribution in [2.24, 2.45) is 0 Å². The summed E-state index contributed by atoms with van der Waals surface area (Å²) in [6.45, 7) is 2.25. The number of rotatable bonds is 7. The van der Waals surface area contributed by atoms with Gasteiger partial charge in [-0.15, -0.1) is 0 Å². The monoisotopic (exact) mass is 253 g/mol. The standard InChI is InChI=1S/C18H23N/c1-2-3-4-8-11-18-13-12-17(15-19-18)14-16-9-6-5-7-10-16/h5-7,9-10,12-13,15H,2-4,8,11,14H2,1H3. The van der Waals surface area contributed by atoms with Crippen LogP contribution in [-0.2, 0) is 12.8 Å². The quantitative estimate of drug-likeness (QED) is 0.646. The summed E-state index contributed by atoms with van der Waals surface area (Å²) in [4.78, 5) is 4.57. The summed E-state index contributed by atoms with van der Waals surface area (Å²) >= 11 is 0. The minimum absolute atomic E-state index is 0.976. The topological polar surface area (TPSA) is 12.9 Å². The van der Waals surface area contributed by atoms with Crippen LogP contribution >= 0.6 is 0 Å². The molecule has 0 aliphatic rings. The first-order valence-electron chi connectivity index (χ1n) is 7.36. The molecular weight excluding hydrogens is 230 g/mol. The number of benzene rings is 1. The van der Waals surface area contributed by atoms with Gasteiger partial charge in [0, 0.05) is 11.9 Å². The van der Waals surface area contributed by atoms with Crippen molar-refractivity contribution in [3.63, 3.8) is 0 Å². The molecule has 0 aliphatic heterocycles. The molecule has 1 heterocycles. The summed E-state index contributed by atoms with van der Waals surface area (Å²) in [5, 5.41) is 0. The van der Waals surface area contributed by atoms with Gasteiger partial charge in [0.05, 0.1) is 0 Å². The summed E-state index contributed by atoms with van der Waals surface area (Å²) in [5.74, 6) is 0. The van der Waals surface area contributed by atoms with Crippen LogP contribution in [0, 0.1) is 0 Å². The molecule has 0 saturated heterocycles. The fourth-order valence-corrected chi connectivity index (χ4v) is 2.27. The first-order valence-corrected chi connectivity index (χ1v) is 7.36. The molecule has 0 atom stereocenters. The number of hydrogen-bond donors (Lipinski definition) is 0. The molecule has 0 spiro atoms. The zero-order chi connectivity index (χ0) is 13.3. The molecule has 100 valence electrons. The fraction of sp³-hybridized carbons (Fsp3) is 0.389. The van der Waals surface area contributed by atoms with Crippen LogP contribution in [-0.4, -0.2) is 4.98 Å². The maximum atomic E-state index is 4.57. The maximum absolute atomic E-state index is 4.57. The van der Waals surface area contributed by atoms with Crippen molar-refractivity contribution in [2.75, 3.05) is 0 Å². The lowest BCUT2D eigenvalue weighted by Crippen LogP contribution is -1.94. The smallest absolute Gasteiger partial charge is 0.0403 e. The van der Waals surface area contributed by atoms with Crippen LogP contribution in [0.3, 0.4) is 0 Å². The van der Waals surface area contributed by atoms with E-state index in [1.54, 1.807) is 0 Å². The molecule has 0 radical (unpaired) electrons. The Bertz CT molecular complexity index is 459. The fourth-order valence-electron chi connectivity index (χ4n) is 2.27. The van der Waals surface area contributed by atoms with Gasteiger partial charge in [0.25, 0.3) is 0 Å². The van der Waals surface area contributed by atoms with Crippen LogP contribution in [0.4, 0.5) is 0 Å². The number of aryl methyl sites for hydroxylation is 1. The highest BCUT2D eigenvalue weighted by Crippen LogP contribution is 2.10. The molecule has 19 heavy (non-hydrogen) atoms. The van der Waals surface area contributed by atoms with E-state index < -0.39 is 0 Å². The highest BCUT2D eigenvalue weighted by Gasteiger charge is 1.98. The Hall–Kier alpha value is -1.63. The van der Waals surface area contributed by atoms with Gasteiger partial charge in [-0.25, -0.2) is 0 Å². The van der Waals surface area contributed by atoms with Gasteiger partial charge in [0.15, 0.2) is 0 Å². The molecule has 1 aromatic heterocycles. The number of aromatic nitrogens is 1. The van der Waals surface area contributed by atoms with Crippen molar-refractivity contribution in [2.45, 2.75) is 45.4 Å². The molecule has 0 bridgehead atoms. The molecule has 2 rings (SSSR count). The molecular formula is C18H23N. The lowest BCUT2D eigenvalue weighted by Gasteiger charge is -2.04. The first-order chi connectivity index (χ1) is 9.38. The molecule has 1 aromatic carbocycles. The Labute approximate surface area is 116 Å². The molecule has 0 saturated carbocycles. The predicted octanol–water partition coefficient (Wildman–Crippen LogP) is 4.80. The molecule has 0 N–H and O–H groups in total. The Morgan fingerprint density at radius 2 is 1.68 bits per heavy atom. The minimum Gasteiger partial charge on any atom is -0.261 e. The van der Waals surface area contributed by atoms with Crippen molar-refractivity contribution in [1.82, 2.24) is 4.98 Å². The highest BCUT2D eigenvalue weighted by molar-refractivity contribution is 5.24. The number of unbranched alkanes of at least 4 members (excludes halogenated alkanes) is 3. The van der Waals surface area contributed by atoms with Gasteiger partial charge in [-0.2, -0.15) is 0 Å². The second-order valence-corrected chi connectivity index (χ2v) is 5.13. The van der Waals surface area contributed by atoms with Crippen LogP contribution < -0.4 is 0 Å². The van der Waals surface area contributed by atoms with E-state index in [2.05, 4.69) is 54.4 Å². The highest BCUT2D eigenvalue weighted by atomic mass is 14.7. The van der Waals surface area contributed by atoms with Gasteiger partial charge in [-0.1, -0.05) is 62.6 Å². The third kappa shape index (κ3) is 4.86. The summed E-state index contributed by atoms with van der Waals surface area (Å²) < 4.78 is 0. The van der Waals surface area contributed by atoms with E-state index in [-0.39, 0.29) is 0 Å². The largest absolute Gasteiger partial charge is 0.261 e. The molecule has 0 fully saturated rings. The van der Waals surface area contributed by atoms with Crippen molar-refractivity contribution >= 4 is 0 Å². The SMILES string of the molecule is CCCCCCc1ccc(Cc2ccccc2)cn1. The summed E-state index contributed by atoms with van der Waals surface area (Å²) in [6, 6.07) is 15.0. The molecule has 1 nitrogen and oxygen atoms in total. The lowest BCUT2D eigenvalue weighted by molar-refractivity contribution is 0.660. The van der Waals surface area contributed by atoms with Crippen molar-refractivity contribution in [3.05, 3.63) is 65.5 Å². The summed E-state index contributed by atoms with van der Waals surface area (Å²) in [7, 11) is 0.